The Labute approximate surface area is 61.4 Å². The molecule has 0 atom stereocenters. The van der Waals surface area contributed by atoms with Crippen LogP contribution in [0.2, 0.25) is 0 Å². The summed E-state index contributed by atoms with van der Waals surface area (Å²) in [7, 11) is 0. The average Bonchev–Trinajstić information content (AvgIpc) is 1.89. The van der Waals surface area contributed by atoms with E-state index in [2.05, 4.69) is 13.0 Å². The fourth-order valence-corrected chi connectivity index (χ4v) is 1.40. The van der Waals surface area contributed by atoms with Crippen LogP contribution in [0, 0.1) is 11.3 Å². The molecule has 0 aromatic carbocycles. The van der Waals surface area contributed by atoms with Crippen molar-refractivity contribution in [3.8, 4) is 6.07 Å². The lowest BCUT2D eigenvalue weighted by Crippen LogP contribution is -1.80. The predicted octanol–water partition coefficient (Wildman–Crippen LogP) is 2.43. The molecule has 0 spiro atoms. The van der Waals surface area contributed by atoms with Crippen LogP contribution in [0.25, 0.3) is 0 Å². The molecule has 0 unspecified atom stereocenters. The summed E-state index contributed by atoms with van der Waals surface area (Å²) in [6, 6.07) is 2.12. The van der Waals surface area contributed by atoms with E-state index in [-0.39, 0.29) is 0 Å². The van der Waals surface area contributed by atoms with Crippen molar-refractivity contribution >= 4 is 11.8 Å². The van der Waals surface area contributed by atoms with Gasteiger partial charge in [-0.1, -0.05) is 13.3 Å². The van der Waals surface area contributed by atoms with Crippen molar-refractivity contribution < 1.29 is 0 Å². The highest BCUT2D eigenvalue weighted by atomic mass is 32.2. The highest BCUT2D eigenvalue weighted by Crippen LogP contribution is 2.04. The number of hydrogen-bond donors (Lipinski definition) is 0. The molecule has 0 N–H and O–H groups in total. The third-order valence-electron chi connectivity index (χ3n) is 1.00. The number of hydrogen-bond acceptors (Lipinski definition) is 2. The van der Waals surface area contributed by atoms with Crippen LogP contribution in [0.4, 0.5) is 0 Å². The third-order valence-corrected chi connectivity index (χ3v) is 2.07. The zero-order valence-electron chi connectivity index (χ0n) is 5.89. The maximum absolute atomic E-state index is 8.16. The minimum Gasteiger partial charge on any atom is -0.198 e. The van der Waals surface area contributed by atoms with Gasteiger partial charge in [-0.2, -0.15) is 17.0 Å². The first-order valence-electron chi connectivity index (χ1n) is 3.36. The van der Waals surface area contributed by atoms with Gasteiger partial charge >= 0.3 is 0 Å². The Morgan fingerprint density at radius 2 is 2.22 bits per heavy atom. The monoisotopic (exact) mass is 143 g/mol. The lowest BCUT2D eigenvalue weighted by Gasteiger charge is -1.93. The van der Waals surface area contributed by atoms with Crippen LogP contribution in [0.1, 0.15) is 26.2 Å². The number of rotatable bonds is 5. The first-order chi connectivity index (χ1) is 4.41. The van der Waals surface area contributed by atoms with Gasteiger partial charge in [-0.05, 0) is 12.2 Å². The number of unbranched alkanes of at least 4 members (excludes halogenated alkanes) is 1. The van der Waals surface area contributed by atoms with Gasteiger partial charge < -0.3 is 0 Å². The molecule has 0 heterocycles. The molecule has 0 aliphatic carbocycles. The van der Waals surface area contributed by atoms with E-state index in [4.69, 9.17) is 5.26 Å². The Morgan fingerprint density at radius 1 is 1.44 bits per heavy atom. The summed E-state index contributed by atoms with van der Waals surface area (Å²) in [5, 5.41) is 8.16. The Morgan fingerprint density at radius 3 is 2.78 bits per heavy atom. The van der Waals surface area contributed by atoms with Crippen molar-refractivity contribution in [3.63, 3.8) is 0 Å². The molecule has 0 amide bonds. The number of thioether (sulfide) groups is 1. The van der Waals surface area contributed by atoms with Gasteiger partial charge in [0.1, 0.15) is 0 Å². The van der Waals surface area contributed by atoms with Crippen molar-refractivity contribution in [2.24, 2.45) is 0 Å². The molecular formula is C7H13NS. The molecule has 0 aliphatic rings. The van der Waals surface area contributed by atoms with Crippen molar-refractivity contribution in [2.45, 2.75) is 26.2 Å². The van der Waals surface area contributed by atoms with Crippen LogP contribution in [0.15, 0.2) is 0 Å². The zero-order chi connectivity index (χ0) is 6.95. The van der Waals surface area contributed by atoms with Gasteiger partial charge in [-0.3, -0.25) is 0 Å². The SMILES string of the molecule is CCCCSCCC#N. The number of nitriles is 1. The van der Waals surface area contributed by atoms with E-state index in [1.165, 1.54) is 18.6 Å². The zero-order valence-corrected chi connectivity index (χ0v) is 6.71. The minimum atomic E-state index is 0.703. The van der Waals surface area contributed by atoms with Gasteiger partial charge in [0.25, 0.3) is 0 Å². The summed E-state index contributed by atoms with van der Waals surface area (Å²) in [6.45, 7) is 2.19. The summed E-state index contributed by atoms with van der Waals surface area (Å²) in [5.74, 6) is 2.23. The molecular weight excluding hydrogens is 130 g/mol. The standard InChI is InChI=1S/C7H13NS/c1-2-3-6-9-7-4-5-8/h2-4,6-7H2,1H3. The van der Waals surface area contributed by atoms with E-state index in [0.29, 0.717) is 6.42 Å². The van der Waals surface area contributed by atoms with Crippen molar-refractivity contribution in [1.82, 2.24) is 0 Å². The summed E-state index contributed by atoms with van der Waals surface area (Å²) in [6.07, 6.45) is 3.25. The number of nitrogens with zero attached hydrogens (tertiary/aromatic N) is 1. The molecule has 0 aliphatic heterocycles. The van der Waals surface area contributed by atoms with Crippen LogP contribution in [0.5, 0.6) is 0 Å². The lowest BCUT2D eigenvalue weighted by atomic mass is 10.4. The van der Waals surface area contributed by atoms with Gasteiger partial charge in [-0.15, -0.1) is 0 Å². The molecule has 0 saturated heterocycles. The fraction of sp³-hybridized carbons (Fsp3) is 0.857. The Bertz CT molecular complexity index is 85.4. The van der Waals surface area contributed by atoms with E-state index in [1.54, 1.807) is 0 Å². The van der Waals surface area contributed by atoms with E-state index >= 15 is 0 Å². The second kappa shape index (κ2) is 7.84. The maximum atomic E-state index is 8.16. The largest absolute Gasteiger partial charge is 0.198 e. The highest BCUT2D eigenvalue weighted by molar-refractivity contribution is 7.99. The summed E-state index contributed by atoms with van der Waals surface area (Å²) < 4.78 is 0. The third kappa shape index (κ3) is 7.84. The second-order valence-corrected chi connectivity index (χ2v) is 3.10. The van der Waals surface area contributed by atoms with E-state index in [1.807, 2.05) is 11.8 Å². The molecule has 0 bridgehead atoms. The van der Waals surface area contributed by atoms with Crippen molar-refractivity contribution in [1.29, 1.82) is 5.26 Å². The maximum Gasteiger partial charge on any atom is 0.0630 e. The molecule has 1 nitrogen and oxygen atoms in total. The normalized spacial score (nSPS) is 8.89. The van der Waals surface area contributed by atoms with Gasteiger partial charge in [0.05, 0.1) is 6.07 Å². The average molecular weight is 143 g/mol. The topological polar surface area (TPSA) is 23.8 Å². The first kappa shape index (κ1) is 8.84. The van der Waals surface area contributed by atoms with Gasteiger partial charge in [0.15, 0.2) is 0 Å². The molecule has 0 rings (SSSR count). The quantitative estimate of drug-likeness (QED) is 0.552. The minimum absolute atomic E-state index is 0.703. The van der Waals surface area contributed by atoms with Crippen LogP contribution < -0.4 is 0 Å². The molecule has 0 aromatic heterocycles. The van der Waals surface area contributed by atoms with Crippen molar-refractivity contribution in [2.75, 3.05) is 11.5 Å². The molecule has 0 radical (unpaired) electrons. The van der Waals surface area contributed by atoms with Crippen molar-refractivity contribution in [3.05, 3.63) is 0 Å². The molecule has 9 heavy (non-hydrogen) atoms. The summed E-state index contributed by atoms with van der Waals surface area (Å²) >= 11 is 1.88. The van der Waals surface area contributed by atoms with Gasteiger partial charge in [-0.25, -0.2) is 0 Å². The van der Waals surface area contributed by atoms with Gasteiger partial charge in [0.2, 0.25) is 0 Å². The Kier molecular flexibility index (Phi) is 7.70. The van der Waals surface area contributed by atoms with Crippen LogP contribution in [-0.2, 0) is 0 Å². The van der Waals surface area contributed by atoms with Crippen LogP contribution >= 0.6 is 11.8 Å². The fourth-order valence-electron chi connectivity index (χ4n) is 0.466. The lowest BCUT2D eigenvalue weighted by molar-refractivity contribution is 0.896. The first-order valence-corrected chi connectivity index (χ1v) is 4.52. The van der Waals surface area contributed by atoms with E-state index in [0.717, 1.165) is 5.75 Å². The molecule has 0 saturated carbocycles. The highest BCUT2D eigenvalue weighted by Gasteiger charge is 1.85. The van der Waals surface area contributed by atoms with Gasteiger partial charge in [0, 0.05) is 12.2 Å². The van der Waals surface area contributed by atoms with E-state index in [9.17, 15) is 0 Å². The smallest absolute Gasteiger partial charge is 0.0630 e. The molecule has 0 fully saturated rings. The summed E-state index contributed by atoms with van der Waals surface area (Å²) in [4.78, 5) is 0. The molecule has 52 valence electrons. The Hall–Kier alpha value is -0.160. The summed E-state index contributed by atoms with van der Waals surface area (Å²) in [5.41, 5.74) is 0. The van der Waals surface area contributed by atoms with E-state index < -0.39 is 0 Å². The van der Waals surface area contributed by atoms with Crippen LogP contribution in [-0.4, -0.2) is 11.5 Å². The second-order valence-electron chi connectivity index (χ2n) is 1.87. The molecule has 0 aromatic rings. The molecule has 2 heteroatoms. The van der Waals surface area contributed by atoms with Crippen LogP contribution in [0.3, 0.4) is 0 Å². The Balaban J connectivity index is 2.69. The predicted molar refractivity (Wildman–Crippen MR) is 42.5 cm³/mol.